The van der Waals surface area contributed by atoms with Crippen LogP contribution in [0.5, 0.6) is 11.5 Å². The Morgan fingerprint density at radius 1 is 1.06 bits per heavy atom. The predicted molar refractivity (Wildman–Crippen MR) is 146 cm³/mol. The van der Waals surface area contributed by atoms with E-state index in [1.54, 1.807) is 18.9 Å². The van der Waals surface area contributed by atoms with Crippen LogP contribution < -0.4 is 14.8 Å². The van der Waals surface area contributed by atoms with E-state index in [2.05, 4.69) is 44.0 Å². The second-order valence-corrected chi connectivity index (χ2v) is 9.23. The van der Waals surface area contributed by atoms with Gasteiger partial charge in [0.25, 0.3) is 5.91 Å². The number of carbonyl (C=O) groups is 1. The molecule has 3 aromatic rings. The van der Waals surface area contributed by atoms with Crippen LogP contribution in [0.4, 0.5) is 0 Å². The molecule has 1 N–H and O–H groups in total. The lowest BCUT2D eigenvalue weighted by atomic mass is 10.1. The maximum atomic E-state index is 13.5. The normalized spacial score (nSPS) is 12.0. The van der Waals surface area contributed by atoms with Gasteiger partial charge in [-0.1, -0.05) is 31.5 Å². The van der Waals surface area contributed by atoms with Crippen molar-refractivity contribution in [2.75, 3.05) is 33.9 Å². The molecule has 2 aromatic carbocycles. The second kappa shape index (κ2) is 12.6. The molecule has 36 heavy (non-hydrogen) atoms. The van der Waals surface area contributed by atoms with E-state index < -0.39 is 0 Å². The van der Waals surface area contributed by atoms with Gasteiger partial charge in [-0.2, -0.15) is 5.10 Å². The van der Waals surface area contributed by atoms with Crippen molar-refractivity contribution in [1.29, 1.82) is 0 Å². The number of carbonyl (C=O) groups excluding carboxylic acids is 1. The van der Waals surface area contributed by atoms with Crippen molar-refractivity contribution < 1.29 is 14.3 Å². The van der Waals surface area contributed by atoms with E-state index >= 15 is 0 Å². The van der Waals surface area contributed by atoms with Crippen LogP contribution in [0.1, 0.15) is 55.2 Å². The Kier molecular flexibility index (Phi) is 9.53. The Balaban J connectivity index is 1.94. The summed E-state index contributed by atoms with van der Waals surface area (Å²) in [6, 6.07) is 13.6. The number of ether oxygens (including phenoxy) is 2. The molecule has 194 valence electrons. The standard InChI is InChI=1S/C29H40N4O3/c1-8-32(9-2)16-10-11-22(5)30-29(34)27-19-25(24-14-13-23(35-6)18-28(24)36-7)31-33(27)26-15-12-20(3)17-21(26)4/h12-15,17-19,22H,8-11,16H2,1-7H3,(H,30,34). The molecule has 0 aliphatic rings. The highest BCUT2D eigenvalue weighted by atomic mass is 16.5. The molecule has 0 spiro atoms. The van der Waals surface area contributed by atoms with E-state index in [1.807, 2.05) is 43.3 Å². The van der Waals surface area contributed by atoms with Gasteiger partial charge in [-0.15, -0.1) is 0 Å². The summed E-state index contributed by atoms with van der Waals surface area (Å²) in [7, 11) is 3.24. The van der Waals surface area contributed by atoms with Gasteiger partial charge in [-0.3, -0.25) is 4.79 Å². The molecule has 0 bridgehead atoms. The molecule has 7 nitrogen and oxygen atoms in total. The zero-order valence-corrected chi connectivity index (χ0v) is 22.7. The van der Waals surface area contributed by atoms with E-state index in [0.717, 1.165) is 54.9 Å². The summed E-state index contributed by atoms with van der Waals surface area (Å²) >= 11 is 0. The molecule has 1 atom stereocenters. The Hall–Kier alpha value is -3.32. The van der Waals surface area contributed by atoms with E-state index in [-0.39, 0.29) is 11.9 Å². The quantitative estimate of drug-likeness (QED) is 0.366. The number of nitrogens with zero attached hydrogens (tertiary/aromatic N) is 3. The average molecular weight is 493 g/mol. The number of aromatic nitrogens is 2. The van der Waals surface area contributed by atoms with Crippen LogP contribution in [0, 0.1) is 13.8 Å². The highest BCUT2D eigenvalue weighted by Crippen LogP contribution is 2.34. The van der Waals surface area contributed by atoms with E-state index in [1.165, 1.54) is 0 Å². The summed E-state index contributed by atoms with van der Waals surface area (Å²) < 4.78 is 12.7. The molecular formula is C29H40N4O3. The summed E-state index contributed by atoms with van der Waals surface area (Å²) in [6.45, 7) is 13.6. The molecule has 1 unspecified atom stereocenters. The fraction of sp³-hybridized carbons (Fsp3) is 0.448. The summed E-state index contributed by atoms with van der Waals surface area (Å²) in [4.78, 5) is 15.9. The maximum absolute atomic E-state index is 13.5. The number of rotatable bonds is 12. The first-order valence-electron chi connectivity index (χ1n) is 12.7. The van der Waals surface area contributed by atoms with Crippen molar-refractivity contribution in [3.05, 3.63) is 59.3 Å². The van der Waals surface area contributed by atoms with Crippen LogP contribution in [0.15, 0.2) is 42.5 Å². The van der Waals surface area contributed by atoms with Gasteiger partial charge in [0.05, 0.1) is 25.6 Å². The zero-order chi connectivity index (χ0) is 26.2. The van der Waals surface area contributed by atoms with E-state index in [4.69, 9.17) is 14.6 Å². The van der Waals surface area contributed by atoms with Crippen molar-refractivity contribution in [3.8, 4) is 28.4 Å². The topological polar surface area (TPSA) is 68.6 Å². The molecule has 0 radical (unpaired) electrons. The number of amides is 1. The fourth-order valence-electron chi connectivity index (χ4n) is 4.44. The monoisotopic (exact) mass is 492 g/mol. The van der Waals surface area contributed by atoms with Crippen molar-refractivity contribution in [1.82, 2.24) is 20.0 Å². The summed E-state index contributed by atoms with van der Waals surface area (Å²) in [6.07, 6.45) is 1.95. The van der Waals surface area contributed by atoms with Gasteiger partial charge in [-0.05, 0) is 83.1 Å². The number of nitrogens with one attached hydrogen (secondary N) is 1. The molecule has 1 heterocycles. The summed E-state index contributed by atoms with van der Waals surface area (Å²) in [5.41, 5.74) is 5.03. The van der Waals surface area contributed by atoms with Crippen LogP contribution in [-0.4, -0.2) is 60.5 Å². The van der Waals surface area contributed by atoms with E-state index in [0.29, 0.717) is 22.9 Å². The van der Waals surface area contributed by atoms with Gasteiger partial charge >= 0.3 is 0 Å². The molecule has 0 aliphatic heterocycles. The van der Waals surface area contributed by atoms with Gasteiger partial charge in [0.1, 0.15) is 17.2 Å². The average Bonchev–Trinajstić information content (AvgIpc) is 3.31. The van der Waals surface area contributed by atoms with Crippen LogP contribution >= 0.6 is 0 Å². The maximum Gasteiger partial charge on any atom is 0.270 e. The molecule has 0 saturated heterocycles. The molecule has 0 fully saturated rings. The van der Waals surface area contributed by atoms with Gasteiger partial charge in [0.15, 0.2) is 0 Å². The van der Waals surface area contributed by atoms with Crippen LogP contribution in [0.2, 0.25) is 0 Å². The first-order chi connectivity index (χ1) is 17.3. The SMILES string of the molecule is CCN(CC)CCCC(C)NC(=O)c1cc(-c2ccc(OC)cc2OC)nn1-c1ccc(C)cc1C. The number of methoxy groups -OCH3 is 2. The Morgan fingerprint density at radius 2 is 1.81 bits per heavy atom. The number of aryl methyl sites for hydroxylation is 2. The zero-order valence-electron chi connectivity index (χ0n) is 22.7. The minimum atomic E-state index is -0.142. The minimum absolute atomic E-state index is 0.0505. The predicted octanol–water partition coefficient (Wildman–Crippen LogP) is 5.41. The molecule has 7 heteroatoms. The third kappa shape index (κ3) is 6.46. The highest BCUT2D eigenvalue weighted by molar-refractivity contribution is 5.95. The second-order valence-electron chi connectivity index (χ2n) is 9.23. The van der Waals surface area contributed by atoms with E-state index in [9.17, 15) is 4.79 Å². The minimum Gasteiger partial charge on any atom is -0.497 e. The third-order valence-corrected chi connectivity index (χ3v) is 6.59. The largest absolute Gasteiger partial charge is 0.497 e. The Labute approximate surface area is 215 Å². The molecular weight excluding hydrogens is 452 g/mol. The lowest BCUT2D eigenvalue weighted by molar-refractivity contribution is 0.0929. The van der Waals surface area contributed by atoms with Crippen LogP contribution in [-0.2, 0) is 0 Å². The van der Waals surface area contributed by atoms with Crippen molar-refractivity contribution >= 4 is 5.91 Å². The van der Waals surface area contributed by atoms with Crippen LogP contribution in [0.3, 0.4) is 0 Å². The Bertz CT molecular complexity index is 1170. The fourth-order valence-corrected chi connectivity index (χ4v) is 4.44. The first-order valence-corrected chi connectivity index (χ1v) is 12.7. The Morgan fingerprint density at radius 3 is 2.44 bits per heavy atom. The number of hydrogen-bond acceptors (Lipinski definition) is 5. The summed E-state index contributed by atoms with van der Waals surface area (Å²) in [5, 5.41) is 8.06. The number of benzene rings is 2. The smallest absolute Gasteiger partial charge is 0.270 e. The van der Waals surface area contributed by atoms with Gasteiger partial charge < -0.3 is 19.7 Å². The van der Waals surface area contributed by atoms with Crippen LogP contribution in [0.25, 0.3) is 16.9 Å². The highest BCUT2D eigenvalue weighted by Gasteiger charge is 2.22. The molecule has 0 aliphatic carbocycles. The molecule has 0 saturated carbocycles. The summed E-state index contributed by atoms with van der Waals surface area (Å²) in [5.74, 6) is 1.19. The lowest BCUT2D eigenvalue weighted by Crippen LogP contribution is -2.34. The van der Waals surface area contributed by atoms with Crippen molar-refractivity contribution in [2.24, 2.45) is 0 Å². The molecule has 1 amide bonds. The lowest BCUT2D eigenvalue weighted by Gasteiger charge is -2.20. The van der Waals surface area contributed by atoms with Gasteiger partial charge in [0.2, 0.25) is 0 Å². The third-order valence-electron chi connectivity index (χ3n) is 6.59. The van der Waals surface area contributed by atoms with Gasteiger partial charge in [0, 0.05) is 17.7 Å². The molecule has 1 aromatic heterocycles. The molecule has 3 rings (SSSR count). The van der Waals surface area contributed by atoms with Gasteiger partial charge in [-0.25, -0.2) is 4.68 Å². The van der Waals surface area contributed by atoms with Crippen molar-refractivity contribution in [3.63, 3.8) is 0 Å². The first kappa shape index (κ1) is 27.3. The number of hydrogen-bond donors (Lipinski definition) is 1. The van der Waals surface area contributed by atoms with Crippen molar-refractivity contribution in [2.45, 2.75) is 53.5 Å².